The van der Waals surface area contributed by atoms with Crippen molar-refractivity contribution in [1.29, 1.82) is 0 Å². The van der Waals surface area contributed by atoms with Crippen LogP contribution in [0.15, 0.2) is 24.3 Å². The number of hydrogen-bond donors (Lipinski definition) is 5. The van der Waals surface area contributed by atoms with Crippen molar-refractivity contribution in [2.45, 2.75) is 81.8 Å². The SMILES string of the molecule is COc1cccc2[nH]c(C(=O)NC(CC3CCCCC3)C(=O)NC(CO)CC3CC4(CCOCC4)NC3=O)cc12. The predicted octanol–water partition coefficient (Wildman–Crippen LogP) is 2.80. The van der Waals surface area contributed by atoms with Crippen LogP contribution in [0.1, 0.15) is 74.7 Å². The van der Waals surface area contributed by atoms with E-state index in [2.05, 4.69) is 20.9 Å². The van der Waals surface area contributed by atoms with Crippen LogP contribution in [0.5, 0.6) is 5.75 Å². The van der Waals surface area contributed by atoms with Gasteiger partial charge in [0.05, 0.1) is 19.8 Å². The number of ether oxygens (including phenoxy) is 2. The molecule has 1 saturated carbocycles. The van der Waals surface area contributed by atoms with Crippen LogP contribution in [0.3, 0.4) is 0 Å². The second kappa shape index (κ2) is 12.6. The smallest absolute Gasteiger partial charge is 0.268 e. The van der Waals surface area contributed by atoms with E-state index in [9.17, 15) is 19.5 Å². The highest BCUT2D eigenvalue weighted by atomic mass is 16.5. The largest absolute Gasteiger partial charge is 0.496 e. The molecule has 10 nitrogen and oxygen atoms in total. The number of amides is 3. The number of fused-ring (bicyclic) bond motifs is 1. The highest BCUT2D eigenvalue weighted by Gasteiger charge is 2.45. The second-order valence-corrected chi connectivity index (χ2v) is 11.8. The molecule has 2 saturated heterocycles. The van der Waals surface area contributed by atoms with E-state index in [0.717, 1.165) is 49.4 Å². The summed E-state index contributed by atoms with van der Waals surface area (Å²) in [5, 5.41) is 20.0. The number of carbonyl (C=O) groups is 3. The van der Waals surface area contributed by atoms with E-state index in [4.69, 9.17) is 9.47 Å². The molecule has 218 valence electrons. The third-order valence-corrected chi connectivity index (χ3v) is 8.99. The maximum atomic E-state index is 13.6. The number of benzene rings is 1. The molecule has 2 aliphatic heterocycles. The van der Waals surface area contributed by atoms with Crippen LogP contribution in [0.4, 0.5) is 0 Å². The van der Waals surface area contributed by atoms with Crippen molar-refractivity contribution >= 4 is 28.6 Å². The summed E-state index contributed by atoms with van der Waals surface area (Å²) in [6.07, 6.45) is 8.61. The number of H-pyrrole nitrogens is 1. The fourth-order valence-electron chi connectivity index (χ4n) is 6.74. The predicted molar refractivity (Wildman–Crippen MR) is 150 cm³/mol. The maximum Gasteiger partial charge on any atom is 0.268 e. The van der Waals surface area contributed by atoms with Gasteiger partial charge in [-0.25, -0.2) is 0 Å². The van der Waals surface area contributed by atoms with Crippen molar-refractivity contribution in [3.8, 4) is 5.75 Å². The Morgan fingerprint density at radius 2 is 1.93 bits per heavy atom. The Hall–Kier alpha value is -3.11. The average Bonchev–Trinajstić information content (AvgIpc) is 3.53. The van der Waals surface area contributed by atoms with Crippen molar-refractivity contribution in [3.63, 3.8) is 0 Å². The fraction of sp³-hybridized carbons (Fsp3) is 0.633. The molecule has 3 heterocycles. The van der Waals surface area contributed by atoms with Gasteiger partial charge in [0.1, 0.15) is 17.5 Å². The van der Waals surface area contributed by atoms with Gasteiger partial charge < -0.3 is 35.5 Å². The van der Waals surface area contributed by atoms with Gasteiger partial charge in [-0.15, -0.1) is 0 Å². The Bertz CT molecular complexity index is 1200. The molecule has 3 amide bonds. The zero-order valence-corrected chi connectivity index (χ0v) is 23.3. The van der Waals surface area contributed by atoms with E-state index < -0.39 is 12.1 Å². The van der Waals surface area contributed by atoms with Gasteiger partial charge in [0.2, 0.25) is 11.8 Å². The Labute approximate surface area is 234 Å². The molecule has 1 aromatic heterocycles. The molecule has 0 bridgehead atoms. The van der Waals surface area contributed by atoms with Crippen LogP contribution >= 0.6 is 0 Å². The lowest BCUT2D eigenvalue weighted by atomic mass is 9.83. The first kappa shape index (κ1) is 28.4. The number of aromatic amines is 1. The molecule has 5 N–H and O–H groups in total. The summed E-state index contributed by atoms with van der Waals surface area (Å²) >= 11 is 0. The Morgan fingerprint density at radius 1 is 1.15 bits per heavy atom. The first-order valence-electron chi connectivity index (χ1n) is 14.7. The Balaban J connectivity index is 1.27. The van der Waals surface area contributed by atoms with Gasteiger partial charge in [0.15, 0.2) is 0 Å². The van der Waals surface area contributed by atoms with Crippen molar-refractivity contribution in [1.82, 2.24) is 20.9 Å². The normalized spacial score (nSPS) is 22.6. The molecular weight excluding hydrogens is 512 g/mol. The average molecular weight is 555 g/mol. The highest BCUT2D eigenvalue weighted by Crippen LogP contribution is 2.36. The summed E-state index contributed by atoms with van der Waals surface area (Å²) in [5.74, 6) is -0.0147. The molecular formula is C30H42N4O6. The van der Waals surface area contributed by atoms with Crippen molar-refractivity contribution in [2.24, 2.45) is 11.8 Å². The number of rotatable bonds is 10. The third-order valence-electron chi connectivity index (χ3n) is 8.99. The van der Waals surface area contributed by atoms with E-state index >= 15 is 0 Å². The lowest BCUT2D eigenvalue weighted by molar-refractivity contribution is -0.126. The van der Waals surface area contributed by atoms with Crippen molar-refractivity contribution in [3.05, 3.63) is 30.0 Å². The molecule has 3 atom stereocenters. The summed E-state index contributed by atoms with van der Waals surface area (Å²) in [4.78, 5) is 42.9. The first-order chi connectivity index (χ1) is 19.4. The van der Waals surface area contributed by atoms with Crippen LogP contribution in [-0.2, 0) is 14.3 Å². The van der Waals surface area contributed by atoms with E-state index in [-0.39, 0.29) is 35.8 Å². The van der Waals surface area contributed by atoms with Crippen LogP contribution in [0.25, 0.3) is 10.9 Å². The number of aliphatic hydroxyl groups excluding tert-OH is 1. The van der Waals surface area contributed by atoms with Gasteiger partial charge in [0.25, 0.3) is 5.91 Å². The van der Waals surface area contributed by atoms with Gasteiger partial charge in [-0.3, -0.25) is 14.4 Å². The van der Waals surface area contributed by atoms with Crippen molar-refractivity contribution < 1.29 is 29.0 Å². The number of carbonyl (C=O) groups excluding carboxylic acids is 3. The van der Waals surface area contributed by atoms with E-state index in [1.54, 1.807) is 13.2 Å². The second-order valence-electron chi connectivity index (χ2n) is 11.8. The zero-order chi connectivity index (χ0) is 28.1. The van der Waals surface area contributed by atoms with Crippen molar-refractivity contribution in [2.75, 3.05) is 26.9 Å². The molecule has 5 rings (SSSR count). The first-order valence-corrected chi connectivity index (χ1v) is 14.7. The molecule has 1 spiro atoms. The van der Waals surface area contributed by atoms with Gasteiger partial charge >= 0.3 is 0 Å². The lowest BCUT2D eigenvalue weighted by Crippen LogP contribution is -2.51. The summed E-state index contributed by atoms with van der Waals surface area (Å²) < 4.78 is 10.9. The summed E-state index contributed by atoms with van der Waals surface area (Å²) in [6.45, 7) is 0.968. The van der Waals surface area contributed by atoms with Crippen LogP contribution in [-0.4, -0.2) is 72.4 Å². The monoisotopic (exact) mass is 554 g/mol. The van der Waals surface area contributed by atoms with E-state index in [1.165, 1.54) is 6.42 Å². The minimum atomic E-state index is -0.753. The van der Waals surface area contributed by atoms with Gasteiger partial charge in [-0.2, -0.15) is 0 Å². The quantitative estimate of drug-likeness (QED) is 0.306. The van der Waals surface area contributed by atoms with Gasteiger partial charge in [-0.1, -0.05) is 38.2 Å². The number of aromatic nitrogens is 1. The lowest BCUT2D eigenvalue weighted by Gasteiger charge is -2.33. The minimum absolute atomic E-state index is 0.0316. The molecule has 2 aromatic rings. The van der Waals surface area contributed by atoms with Gasteiger partial charge in [-0.05, 0) is 56.2 Å². The molecule has 3 aliphatic rings. The maximum absolute atomic E-state index is 13.6. The Kier molecular flexibility index (Phi) is 8.95. The molecule has 1 aromatic carbocycles. The molecule has 40 heavy (non-hydrogen) atoms. The third kappa shape index (κ3) is 6.44. The number of methoxy groups -OCH3 is 1. The van der Waals surface area contributed by atoms with Crippen LogP contribution in [0.2, 0.25) is 0 Å². The molecule has 1 aliphatic carbocycles. The number of hydrogen-bond acceptors (Lipinski definition) is 6. The molecule has 10 heteroatoms. The number of aliphatic hydroxyl groups is 1. The standard InChI is InChI=1S/C30H42N4O6/c1-39-26-9-5-8-23-22(26)16-25(32-23)29(38)33-24(14-19-6-3-2-4-7-19)28(37)31-21(18-35)15-20-17-30(34-27(20)36)10-12-40-13-11-30/h5,8-9,16,19-21,24,32,35H,2-4,6-7,10-15,17-18H2,1H3,(H,31,37)(H,33,38)(H,34,36). The minimum Gasteiger partial charge on any atom is -0.496 e. The Morgan fingerprint density at radius 3 is 2.65 bits per heavy atom. The molecule has 3 fully saturated rings. The highest BCUT2D eigenvalue weighted by molar-refractivity contribution is 6.01. The van der Waals surface area contributed by atoms with Gasteiger partial charge in [0, 0.05) is 35.6 Å². The summed E-state index contributed by atoms with van der Waals surface area (Å²) in [5.41, 5.74) is 0.878. The molecule has 0 radical (unpaired) electrons. The van der Waals surface area contributed by atoms with E-state index in [1.807, 2.05) is 18.2 Å². The summed E-state index contributed by atoms with van der Waals surface area (Å²) in [6, 6.07) is 5.96. The zero-order valence-electron chi connectivity index (χ0n) is 23.3. The summed E-state index contributed by atoms with van der Waals surface area (Å²) in [7, 11) is 1.59. The van der Waals surface area contributed by atoms with E-state index in [0.29, 0.717) is 49.8 Å². The molecule has 3 unspecified atom stereocenters. The fourth-order valence-corrected chi connectivity index (χ4v) is 6.74. The number of nitrogens with one attached hydrogen (secondary N) is 4. The van der Waals surface area contributed by atoms with Crippen LogP contribution < -0.4 is 20.7 Å². The topological polar surface area (TPSA) is 142 Å². The van der Waals surface area contributed by atoms with Crippen LogP contribution in [0, 0.1) is 11.8 Å².